The molecule has 3 atom stereocenters. The van der Waals surface area contributed by atoms with E-state index in [4.69, 9.17) is 0 Å². The fraction of sp³-hybridized carbons (Fsp3) is 0.409. The highest BCUT2D eigenvalue weighted by molar-refractivity contribution is 5.94. The van der Waals surface area contributed by atoms with Gasteiger partial charge in [-0.15, -0.1) is 0 Å². The number of benzene rings is 1. The Hall–Kier alpha value is -2.69. The number of hydrogen-bond donors (Lipinski definition) is 0. The number of nitrogens with zero attached hydrogens (tertiary/aromatic N) is 3. The van der Waals surface area contributed by atoms with Gasteiger partial charge in [-0.05, 0) is 43.4 Å². The maximum atomic E-state index is 13.2. The molecule has 27 heavy (non-hydrogen) atoms. The van der Waals surface area contributed by atoms with Gasteiger partial charge in [-0.1, -0.05) is 30.3 Å². The lowest BCUT2D eigenvalue weighted by atomic mass is 10.00. The molecule has 2 saturated heterocycles. The standard InChI is InChI=1S/C22H25N3O2/c1-16(26)25-19-9-5-6-14-24(22(27)18-10-12-23-13-11-18)21(19)15-20(25)17-7-3-2-4-8-17/h2-4,7-8,10-13,19-21H,5-6,9,14-15H2,1H3/t19-,20-,21+/m0/s1. The number of aromatic nitrogens is 1. The number of fused-ring (bicyclic) bond motifs is 1. The van der Waals surface area contributed by atoms with Gasteiger partial charge in [0.1, 0.15) is 0 Å². The minimum atomic E-state index is 0.0320. The molecule has 0 N–H and O–H groups in total. The molecule has 0 bridgehead atoms. The molecular formula is C22H25N3O2. The number of hydrogen-bond acceptors (Lipinski definition) is 3. The Morgan fingerprint density at radius 3 is 2.44 bits per heavy atom. The van der Waals surface area contributed by atoms with E-state index in [2.05, 4.69) is 17.1 Å². The van der Waals surface area contributed by atoms with Crippen molar-refractivity contribution in [3.05, 3.63) is 66.0 Å². The monoisotopic (exact) mass is 363 g/mol. The van der Waals surface area contributed by atoms with Gasteiger partial charge in [-0.2, -0.15) is 0 Å². The Labute approximate surface area is 160 Å². The molecule has 1 aromatic carbocycles. The Balaban J connectivity index is 1.69. The highest BCUT2D eigenvalue weighted by Crippen LogP contribution is 2.42. The molecule has 0 spiro atoms. The lowest BCUT2D eigenvalue weighted by Crippen LogP contribution is -2.47. The first kappa shape index (κ1) is 17.7. The Kier molecular flexibility index (Phi) is 4.92. The number of rotatable bonds is 2. The fourth-order valence-corrected chi connectivity index (χ4v) is 4.72. The summed E-state index contributed by atoms with van der Waals surface area (Å²) in [4.78, 5) is 33.8. The first-order valence-electron chi connectivity index (χ1n) is 9.71. The molecule has 2 amide bonds. The van der Waals surface area contributed by atoms with Crippen LogP contribution in [0.5, 0.6) is 0 Å². The van der Waals surface area contributed by atoms with E-state index < -0.39 is 0 Å². The van der Waals surface area contributed by atoms with Gasteiger partial charge >= 0.3 is 0 Å². The first-order valence-corrected chi connectivity index (χ1v) is 9.71. The van der Waals surface area contributed by atoms with E-state index in [1.807, 2.05) is 28.0 Å². The largest absolute Gasteiger partial charge is 0.334 e. The van der Waals surface area contributed by atoms with Crippen LogP contribution in [0.2, 0.25) is 0 Å². The summed E-state index contributed by atoms with van der Waals surface area (Å²) in [5, 5.41) is 0. The number of carbonyl (C=O) groups is 2. The van der Waals surface area contributed by atoms with Crippen molar-refractivity contribution in [2.24, 2.45) is 0 Å². The third-order valence-corrected chi connectivity index (χ3v) is 5.89. The number of pyridine rings is 1. The van der Waals surface area contributed by atoms with Crippen LogP contribution in [0, 0.1) is 0 Å². The van der Waals surface area contributed by atoms with Crippen LogP contribution in [0.1, 0.15) is 54.6 Å². The lowest BCUT2D eigenvalue weighted by molar-refractivity contribution is -0.132. The second-order valence-electron chi connectivity index (χ2n) is 7.45. The Morgan fingerprint density at radius 2 is 1.74 bits per heavy atom. The van der Waals surface area contributed by atoms with Crippen molar-refractivity contribution in [1.82, 2.24) is 14.8 Å². The fourth-order valence-electron chi connectivity index (χ4n) is 4.72. The van der Waals surface area contributed by atoms with Crippen molar-refractivity contribution in [3.63, 3.8) is 0 Å². The van der Waals surface area contributed by atoms with Gasteiger partial charge in [0.15, 0.2) is 0 Å². The van der Waals surface area contributed by atoms with Gasteiger partial charge in [0, 0.05) is 31.4 Å². The van der Waals surface area contributed by atoms with Crippen LogP contribution >= 0.6 is 0 Å². The van der Waals surface area contributed by atoms with E-state index in [-0.39, 0.29) is 29.9 Å². The molecule has 5 heteroatoms. The van der Waals surface area contributed by atoms with Gasteiger partial charge in [-0.25, -0.2) is 0 Å². The molecule has 0 radical (unpaired) electrons. The predicted molar refractivity (Wildman–Crippen MR) is 103 cm³/mol. The van der Waals surface area contributed by atoms with Gasteiger partial charge in [0.2, 0.25) is 5.91 Å². The number of likely N-dealkylation sites (tertiary alicyclic amines) is 2. The summed E-state index contributed by atoms with van der Waals surface area (Å²) in [6.07, 6.45) is 7.08. The third-order valence-electron chi connectivity index (χ3n) is 5.89. The lowest BCUT2D eigenvalue weighted by Gasteiger charge is -2.33. The average molecular weight is 363 g/mol. The zero-order chi connectivity index (χ0) is 18.8. The summed E-state index contributed by atoms with van der Waals surface area (Å²) in [5.74, 6) is 0.140. The number of amides is 2. The first-order chi connectivity index (χ1) is 13.2. The van der Waals surface area contributed by atoms with E-state index in [1.54, 1.807) is 31.5 Å². The van der Waals surface area contributed by atoms with E-state index in [1.165, 1.54) is 0 Å². The van der Waals surface area contributed by atoms with Crippen molar-refractivity contribution < 1.29 is 9.59 Å². The van der Waals surface area contributed by atoms with Crippen molar-refractivity contribution in [2.45, 2.75) is 50.7 Å². The van der Waals surface area contributed by atoms with Crippen LogP contribution in [0.4, 0.5) is 0 Å². The van der Waals surface area contributed by atoms with Crippen LogP contribution in [0.15, 0.2) is 54.9 Å². The molecule has 0 unspecified atom stereocenters. The maximum absolute atomic E-state index is 13.2. The van der Waals surface area contributed by atoms with Crippen molar-refractivity contribution in [3.8, 4) is 0 Å². The molecule has 1 aromatic heterocycles. The van der Waals surface area contributed by atoms with Crippen molar-refractivity contribution in [2.75, 3.05) is 6.54 Å². The maximum Gasteiger partial charge on any atom is 0.254 e. The molecule has 0 saturated carbocycles. The summed E-state index contributed by atoms with van der Waals surface area (Å²) in [6, 6.07) is 13.9. The van der Waals surface area contributed by atoms with E-state index in [0.717, 1.165) is 37.8 Å². The average Bonchev–Trinajstić information content (AvgIpc) is 2.97. The third kappa shape index (κ3) is 3.34. The topological polar surface area (TPSA) is 53.5 Å². The minimum Gasteiger partial charge on any atom is -0.334 e. The van der Waals surface area contributed by atoms with Crippen LogP contribution in [-0.4, -0.2) is 45.2 Å². The van der Waals surface area contributed by atoms with Crippen molar-refractivity contribution >= 4 is 11.8 Å². The smallest absolute Gasteiger partial charge is 0.254 e. The summed E-state index contributed by atoms with van der Waals surface area (Å²) < 4.78 is 0. The van der Waals surface area contributed by atoms with Crippen LogP contribution in [0.3, 0.4) is 0 Å². The highest BCUT2D eigenvalue weighted by atomic mass is 16.2. The predicted octanol–water partition coefficient (Wildman–Crippen LogP) is 3.44. The summed E-state index contributed by atoms with van der Waals surface area (Å²) in [7, 11) is 0. The normalized spacial score (nSPS) is 25.0. The summed E-state index contributed by atoms with van der Waals surface area (Å²) in [5.41, 5.74) is 1.82. The van der Waals surface area contributed by atoms with Crippen LogP contribution < -0.4 is 0 Å². The minimum absolute atomic E-state index is 0.0320. The molecule has 2 aromatic rings. The molecule has 2 fully saturated rings. The Morgan fingerprint density at radius 1 is 1.00 bits per heavy atom. The summed E-state index contributed by atoms with van der Waals surface area (Å²) in [6.45, 7) is 2.40. The number of carbonyl (C=O) groups excluding carboxylic acids is 2. The molecule has 2 aliphatic rings. The van der Waals surface area contributed by atoms with E-state index in [9.17, 15) is 9.59 Å². The summed E-state index contributed by atoms with van der Waals surface area (Å²) >= 11 is 0. The SMILES string of the molecule is CC(=O)N1[C@H](c2ccccc2)C[C@@H]2[C@@H]1CCCCN2C(=O)c1ccncc1. The molecule has 4 rings (SSSR count). The van der Waals surface area contributed by atoms with E-state index >= 15 is 0 Å². The van der Waals surface area contributed by atoms with E-state index in [0.29, 0.717) is 5.56 Å². The molecule has 3 heterocycles. The van der Waals surface area contributed by atoms with Crippen molar-refractivity contribution in [1.29, 1.82) is 0 Å². The molecule has 140 valence electrons. The van der Waals surface area contributed by atoms with Crippen LogP contribution in [-0.2, 0) is 4.79 Å². The second-order valence-corrected chi connectivity index (χ2v) is 7.45. The molecular weight excluding hydrogens is 338 g/mol. The Bertz CT molecular complexity index is 809. The molecule has 0 aliphatic carbocycles. The van der Waals surface area contributed by atoms with Gasteiger partial charge in [0.05, 0.1) is 18.1 Å². The van der Waals surface area contributed by atoms with Gasteiger partial charge < -0.3 is 9.80 Å². The van der Waals surface area contributed by atoms with Gasteiger partial charge in [0.25, 0.3) is 5.91 Å². The zero-order valence-corrected chi connectivity index (χ0v) is 15.6. The van der Waals surface area contributed by atoms with Crippen LogP contribution in [0.25, 0.3) is 0 Å². The highest BCUT2D eigenvalue weighted by Gasteiger charge is 2.47. The zero-order valence-electron chi connectivity index (χ0n) is 15.6. The quantitative estimate of drug-likeness (QED) is 0.821. The second kappa shape index (κ2) is 7.51. The molecule has 5 nitrogen and oxygen atoms in total. The van der Waals surface area contributed by atoms with Gasteiger partial charge in [-0.3, -0.25) is 14.6 Å². The molecule has 2 aliphatic heterocycles.